The highest BCUT2D eigenvalue weighted by Crippen LogP contribution is 2.27. The number of anilines is 1. The summed E-state index contributed by atoms with van der Waals surface area (Å²) in [5.41, 5.74) is 1.73. The van der Waals surface area contributed by atoms with Crippen molar-refractivity contribution in [3.63, 3.8) is 0 Å². The number of nitrogens with one attached hydrogen (secondary N) is 2. The van der Waals surface area contributed by atoms with Gasteiger partial charge in [-0.25, -0.2) is 8.78 Å². The van der Waals surface area contributed by atoms with Crippen LogP contribution in [0.4, 0.5) is 14.5 Å². The average Bonchev–Trinajstić information content (AvgIpc) is 2.95. The van der Waals surface area contributed by atoms with Crippen LogP contribution < -0.4 is 10.6 Å². The Hall–Kier alpha value is -1.41. The molecule has 1 aliphatic heterocycles. The number of rotatable bonds is 5. The number of aromatic nitrogens is 1. The van der Waals surface area contributed by atoms with E-state index in [9.17, 15) is 13.6 Å². The fourth-order valence-electron chi connectivity index (χ4n) is 2.41. The molecule has 142 valence electrons. The molecule has 26 heavy (non-hydrogen) atoms. The predicted molar refractivity (Wildman–Crippen MR) is 105 cm³/mol. The lowest BCUT2D eigenvalue weighted by Crippen LogP contribution is -2.35. The van der Waals surface area contributed by atoms with Crippen LogP contribution in [0.25, 0.3) is 0 Å². The first-order chi connectivity index (χ1) is 11.5. The van der Waals surface area contributed by atoms with Crippen LogP contribution in [0, 0.1) is 0 Å². The Balaban J connectivity index is 0.00000169. The fraction of sp³-hybridized carbons (Fsp3) is 0.294. The van der Waals surface area contributed by atoms with Gasteiger partial charge in [-0.15, -0.1) is 36.6 Å². The minimum atomic E-state index is -2.81. The van der Waals surface area contributed by atoms with E-state index in [4.69, 9.17) is 0 Å². The second-order valence-electron chi connectivity index (χ2n) is 5.66. The van der Waals surface area contributed by atoms with E-state index in [2.05, 4.69) is 15.6 Å². The maximum atomic E-state index is 13.1. The normalized spacial score (nSPS) is 17.7. The van der Waals surface area contributed by atoms with E-state index in [1.54, 1.807) is 30.1 Å². The van der Waals surface area contributed by atoms with Crippen molar-refractivity contribution in [1.29, 1.82) is 0 Å². The molecule has 0 radical (unpaired) electrons. The summed E-state index contributed by atoms with van der Waals surface area (Å²) in [4.78, 5) is 17.1. The van der Waals surface area contributed by atoms with E-state index in [0.717, 1.165) is 16.2 Å². The minimum absolute atomic E-state index is 0. The van der Waals surface area contributed by atoms with E-state index in [1.165, 1.54) is 0 Å². The van der Waals surface area contributed by atoms with Crippen LogP contribution in [0.2, 0.25) is 0 Å². The van der Waals surface area contributed by atoms with Crippen molar-refractivity contribution < 1.29 is 13.6 Å². The van der Waals surface area contributed by atoms with E-state index in [1.807, 2.05) is 30.5 Å². The Morgan fingerprint density at radius 2 is 2.00 bits per heavy atom. The number of hydrogen-bond donors (Lipinski definition) is 2. The predicted octanol–water partition coefficient (Wildman–Crippen LogP) is 4.15. The highest BCUT2D eigenvalue weighted by atomic mass is 35.5. The molecule has 2 N–H and O–H groups in total. The van der Waals surface area contributed by atoms with E-state index >= 15 is 0 Å². The molecule has 1 unspecified atom stereocenters. The second kappa shape index (κ2) is 10.1. The lowest BCUT2D eigenvalue weighted by atomic mass is 10.2. The second-order valence-corrected chi connectivity index (χ2v) is 6.71. The third kappa shape index (κ3) is 6.39. The van der Waals surface area contributed by atoms with E-state index in [-0.39, 0.29) is 24.8 Å². The molecule has 0 bridgehead atoms. The summed E-state index contributed by atoms with van der Waals surface area (Å²) >= 11 is 1.66. The smallest absolute Gasteiger partial charge is 0.262 e. The van der Waals surface area contributed by atoms with Gasteiger partial charge in [0.2, 0.25) is 5.91 Å². The third-order valence-corrected chi connectivity index (χ3v) is 4.76. The van der Waals surface area contributed by atoms with Crippen molar-refractivity contribution in [3.8, 4) is 0 Å². The van der Waals surface area contributed by atoms with Crippen LogP contribution in [-0.4, -0.2) is 29.4 Å². The molecule has 0 saturated carbocycles. The van der Waals surface area contributed by atoms with Crippen molar-refractivity contribution in [2.45, 2.75) is 29.0 Å². The van der Waals surface area contributed by atoms with Crippen LogP contribution in [0.3, 0.4) is 0 Å². The number of carbonyl (C=O) groups is 1. The van der Waals surface area contributed by atoms with Crippen LogP contribution in [-0.2, 0) is 10.5 Å². The van der Waals surface area contributed by atoms with Crippen LogP contribution in [0.15, 0.2) is 53.7 Å². The monoisotopic (exact) mass is 421 g/mol. The minimum Gasteiger partial charge on any atom is -0.325 e. The van der Waals surface area contributed by atoms with Crippen LogP contribution in [0.1, 0.15) is 12.0 Å². The number of pyridine rings is 1. The summed E-state index contributed by atoms with van der Waals surface area (Å²) in [5, 5.41) is 5.21. The third-order valence-electron chi connectivity index (χ3n) is 3.68. The molecule has 3 rings (SSSR count). The number of halogens is 4. The number of nitrogens with zero attached hydrogens (tertiary/aromatic N) is 1. The highest BCUT2D eigenvalue weighted by molar-refractivity contribution is 7.98. The number of alkyl halides is 2. The molecule has 1 aromatic heterocycles. The maximum absolute atomic E-state index is 13.1. The molecule has 2 aromatic rings. The average molecular weight is 422 g/mol. The number of benzene rings is 1. The summed E-state index contributed by atoms with van der Waals surface area (Å²) in [6, 6.07) is 10.4. The first kappa shape index (κ1) is 22.6. The molecule has 1 aromatic carbocycles. The topological polar surface area (TPSA) is 54.0 Å². The van der Waals surface area contributed by atoms with Crippen LogP contribution >= 0.6 is 36.6 Å². The van der Waals surface area contributed by atoms with Gasteiger partial charge in [0, 0.05) is 35.2 Å². The number of carbonyl (C=O) groups excluding carboxylic acids is 1. The molecule has 1 atom stereocenters. The zero-order chi connectivity index (χ0) is 17.0. The fourth-order valence-corrected chi connectivity index (χ4v) is 3.25. The summed E-state index contributed by atoms with van der Waals surface area (Å²) in [6.45, 7) is -0.449. The Kier molecular flexibility index (Phi) is 8.76. The van der Waals surface area contributed by atoms with Gasteiger partial charge in [0.15, 0.2) is 0 Å². The standard InChI is InChI=1S/C17H17F2N3OS.2ClH/c18-17(19)8-15(21-11-17)16(23)22-13-3-5-14(6-4-13)24-10-12-2-1-7-20-9-12;;/h1-7,9,15,21H,8,10-11H2,(H,22,23);2*1H. The summed E-state index contributed by atoms with van der Waals surface area (Å²) in [6.07, 6.45) is 3.10. The first-order valence-electron chi connectivity index (χ1n) is 7.56. The number of amides is 1. The number of hydrogen-bond acceptors (Lipinski definition) is 4. The molecule has 1 amide bonds. The van der Waals surface area contributed by atoms with Gasteiger partial charge in [-0.05, 0) is 35.9 Å². The Bertz CT molecular complexity index is 705. The van der Waals surface area contributed by atoms with Crippen molar-refractivity contribution in [1.82, 2.24) is 10.3 Å². The molecular weight excluding hydrogens is 403 g/mol. The molecule has 0 aliphatic carbocycles. The van der Waals surface area contributed by atoms with Crippen molar-refractivity contribution in [2.75, 3.05) is 11.9 Å². The summed E-state index contributed by atoms with van der Waals surface area (Å²) in [7, 11) is 0. The zero-order valence-electron chi connectivity index (χ0n) is 13.7. The van der Waals surface area contributed by atoms with Crippen molar-refractivity contribution in [2.24, 2.45) is 0 Å². The quantitative estimate of drug-likeness (QED) is 0.711. The van der Waals surface area contributed by atoms with Crippen molar-refractivity contribution >= 4 is 48.2 Å². The molecule has 9 heteroatoms. The first-order valence-corrected chi connectivity index (χ1v) is 8.54. The van der Waals surface area contributed by atoms with Gasteiger partial charge in [0.1, 0.15) is 0 Å². The maximum Gasteiger partial charge on any atom is 0.262 e. The molecule has 2 heterocycles. The van der Waals surface area contributed by atoms with Gasteiger partial charge in [0.05, 0.1) is 12.6 Å². The largest absolute Gasteiger partial charge is 0.325 e. The van der Waals surface area contributed by atoms with Crippen LogP contribution in [0.5, 0.6) is 0 Å². The van der Waals surface area contributed by atoms with Gasteiger partial charge >= 0.3 is 0 Å². The van der Waals surface area contributed by atoms with Crippen molar-refractivity contribution in [3.05, 3.63) is 54.4 Å². The SMILES string of the molecule is Cl.Cl.O=C(Nc1ccc(SCc2cccnc2)cc1)C1CC(F)(F)CN1. The number of thioether (sulfide) groups is 1. The summed E-state index contributed by atoms with van der Waals surface area (Å²) < 4.78 is 26.2. The Labute approximate surface area is 167 Å². The molecule has 1 saturated heterocycles. The lowest BCUT2D eigenvalue weighted by Gasteiger charge is -2.11. The Morgan fingerprint density at radius 1 is 1.27 bits per heavy atom. The van der Waals surface area contributed by atoms with Gasteiger partial charge in [-0.3, -0.25) is 15.1 Å². The molecule has 0 spiro atoms. The lowest BCUT2D eigenvalue weighted by molar-refractivity contribution is -0.118. The van der Waals surface area contributed by atoms with Gasteiger partial charge in [-0.1, -0.05) is 6.07 Å². The van der Waals surface area contributed by atoms with Gasteiger partial charge < -0.3 is 5.32 Å². The molecular formula is C17H19Cl2F2N3OS. The Morgan fingerprint density at radius 3 is 2.58 bits per heavy atom. The van der Waals surface area contributed by atoms with E-state index in [0.29, 0.717) is 5.69 Å². The van der Waals surface area contributed by atoms with Gasteiger partial charge in [0.25, 0.3) is 5.92 Å². The van der Waals surface area contributed by atoms with E-state index < -0.39 is 30.8 Å². The highest BCUT2D eigenvalue weighted by Gasteiger charge is 2.42. The van der Waals surface area contributed by atoms with Gasteiger partial charge in [-0.2, -0.15) is 0 Å². The molecule has 1 aliphatic rings. The molecule has 1 fully saturated rings. The zero-order valence-corrected chi connectivity index (χ0v) is 16.1. The summed E-state index contributed by atoms with van der Waals surface area (Å²) in [5.74, 6) is -2.43. The molecule has 4 nitrogen and oxygen atoms in total.